The van der Waals surface area contributed by atoms with Crippen LogP contribution >= 0.6 is 0 Å². The van der Waals surface area contributed by atoms with Crippen molar-refractivity contribution in [3.05, 3.63) is 23.4 Å². The monoisotopic (exact) mass is 302 g/mol. The quantitative estimate of drug-likeness (QED) is 0.834. The number of hydrogen-bond donors (Lipinski definition) is 2. The van der Waals surface area contributed by atoms with E-state index < -0.39 is 17.8 Å². The molecule has 0 aromatic carbocycles. The molecule has 0 radical (unpaired) electrons. The van der Waals surface area contributed by atoms with Gasteiger partial charge in [0.1, 0.15) is 11.5 Å². The number of carbonyl (C=O) groups excluding carboxylic acids is 2. The maximum Gasteiger partial charge on any atom is 0.433 e. The molecule has 1 saturated heterocycles. The number of anilines is 1. The Balaban J connectivity index is 2.43. The molecule has 0 atom stereocenters. The predicted octanol–water partition coefficient (Wildman–Crippen LogP) is 0.526. The molecular weight excluding hydrogens is 289 g/mol. The SMILES string of the molecule is NC(=O)c1ccc(C(F)(F)F)nc1N1CCNC(=O)CC1. The van der Waals surface area contributed by atoms with Crippen molar-refractivity contribution < 1.29 is 22.8 Å². The van der Waals surface area contributed by atoms with E-state index in [2.05, 4.69) is 10.3 Å². The number of pyridine rings is 1. The fourth-order valence-corrected chi connectivity index (χ4v) is 2.02. The van der Waals surface area contributed by atoms with E-state index in [-0.39, 0.29) is 43.3 Å². The Hall–Kier alpha value is -2.32. The fraction of sp³-hybridized carbons (Fsp3) is 0.417. The minimum absolute atomic E-state index is 0.0997. The average Bonchev–Trinajstić information content (AvgIpc) is 2.61. The van der Waals surface area contributed by atoms with E-state index in [1.165, 1.54) is 4.90 Å². The van der Waals surface area contributed by atoms with Crippen molar-refractivity contribution in [2.45, 2.75) is 12.6 Å². The molecule has 0 aliphatic carbocycles. The summed E-state index contributed by atoms with van der Waals surface area (Å²) in [6.45, 7) is 0.676. The molecule has 2 heterocycles. The molecule has 21 heavy (non-hydrogen) atoms. The van der Waals surface area contributed by atoms with Crippen LogP contribution in [0.3, 0.4) is 0 Å². The van der Waals surface area contributed by atoms with Crippen LogP contribution in [-0.4, -0.2) is 36.4 Å². The molecule has 2 amide bonds. The molecule has 1 fully saturated rings. The highest BCUT2D eigenvalue weighted by atomic mass is 19.4. The topological polar surface area (TPSA) is 88.3 Å². The van der Waals surface area contributed by atoms with Gasteiger partial charge in [0.15, 0.2) is 0 Å². The van der Waals surface area contributed by atoms with Crippen LogP contribution in [0.5, 0.6) is 0 Å². The summed E-state index contributed by atoms with van der Waals surface area (Å²) in [5.74, 6) is -1.21. The Morgan fingerprint density at radius 2 is 2.05 bits per heavy atom. The van der Waals surface area contributed by atoms with E-state index >= 15 is 0 Å². The average molecular weight is 302 g/mol. The Labute approximate surface area is 118 Å². The number of primary amides is 1. The molecular formula is C12H13F3N4O2. The van der Waals surface area contributed by atoms with Crippen LogP contribution in [0.15, 0.2) is 12.1 Å². The molecule has 9 heteroatoms. The molecule has 1 aliphatic rings. The van der Waals surface area contributed by atoms with Gasteiger partial charge in [0.2, 0.25) is 5.91 Å². The van der Waals surface area contributed by atoms with Gasteiger partial charge < -0.3 is 16.0 Å². The lowest BCUT2D eigenvalue weighted by molar-refractivity contribution is -0.141. The molecule has 114 valence electrons. The number of nitrogens with one attached hydrogen (secondary N) is 1. The van der Waals surface area contributed by atoms with E-state index in [1.807, 2.05) is 0 Å². The molecule has 6 nitrogen and oxygen atoms in total. The zero-order valence-electron chi connectivity index (χ0n) is 10.9. The molecule has 0 spiro atoms. The first-order chi connectivity index (χ1) is 9.79. The number of aromatic nitrogens is 1. The van der Waals surface area contributed by atoms with E-state index in [1.54, 1.807) is 0 Å². The highest BCUT2D eigenvalue weighted by Crippen LogP contribution is 2.30. The normalized spacial score (nSPS) is 16.3. The van der Waals surface area contributed by atoms with Crippen molar-refractivity contribution in [2.75, 3.05) is 24.5 Å². The summed E-state index contributed by atoms with van der Waals surface area (Å²) in [4.78, 5) is 27.6. The number of nitrogens with two attached hydrogens (primary N) is 1. The molecule has 1 aromatic heterocycles. The molecule has 3 N–H and O–H groups in total. The first-order valence-electron chi connectivity index (χ1n) is 6.18. The van der Waals surface area contributed by atoms with Gasteiger partial charge in [0.25, 0.3) is 5.91 Å². The Morgan fingerprint density at radius 1 is 1.33 bits per heavy atom. The summed E-state index contributed by atoms with van der Waals surface area (Å²) in [5, 5.41) is 2.59. The number of alkyl halides is 3. The lowest BCUT2D eigenvalue weighted by Crippen LogP contribution is -2.32. The van der Waals surface area contributed by atoms with Crippen molar-refractivity contribution in [1.82, 2.24) is 10.3 Å². The molecule has 1 aliphatic heterocycles. The minimum atomic E-state index is -4.62. The third-order valence-corrected chi connectivity index (χ3v) is 3.04. The van der Waals surface area contributed by atoms with Gasteiger partial charge in [-0.1, -0.05) is 0 Å². The number of hydrogen-bond acceptors (Lipinski definition) is 4. The summed E-state index contributed by atoms with van der Waals surface area (Å²) >= 11 is 0. The van der Waals surface area contributed by atoms with E-state index in [4.69, 9.17) is 5.73 Å². The van der Waals surface area contributed by atoms with Gasteiger partial charge in [-0.2, -0.15) is 13.2 Å². The standard InChI is InChI=1S/C12H13F3N4O2/c13-12(14,15)8-2-1-7(10(16)21)11(18-8)19-5-3-9(20)17-4-6-19/h1-2H,3-6H2,(H2,16,21)(H,17,20). The maximum atomic E-state index is 12.7. The number of carbonyl (C=O) groups is 2. The van der Waals surface area contributed by atoms with Crippen molar-refractivity contribution in [3.63, 3.8) is 0 Å². The van der Waals surface area contributed by atoms with Crippen molar-refractivity contribution in [2.24, 2.45) is 5.73 Å². The first kappa shape index (κ1) is 15.1. The van der Waals surface area contributed by atoms with E-state index in [9.17, 15) is 22.8 Å². The third-order valence-electron chi connectivity index (χ3n) is 3.04. The smallest absolute Gasteiger partial charge is 0.365 e. The second-order valence-corrected chi connectivity index (χ2v) is 4.52. The number of rotatable bonds is 2. The predicted molar refractivity (Wildman–Crippen MR) is 67.6 cm³/mol. The maximum absolute atomic E-state index is 12.7. The Morgan fingerprint density at radius 3 is 2.67 bits per heavy atom. The molecule has 0 bridgehead atoms. The largest absolute Gasteiger partial charge is 0.433 e. The molecule has 0 unspecified atom stereocenters. The van der Waals surface area contributed by atoms with Gasteiger partial charge in [-0.15, -0.1) is 0 Å². The summed E-state index contributed by atoms with van der Waals surface area (Å²) in [6.07, 6.45) is -4.51. The second kappa shape index (κ2) is 5.58. The number of amides is 2. The molecule has 0 saturated carbocycles. The Bertz CT molecular complexity index is 574. The van der Waals surface area contributed by atoms with Crippen LogP contribution in [-0.2, 0) is 11.0 Å². The number of halogens is 3. The van der Waals surface area contributed by atoms with Crippen LogP contribution in [0, 0.1) is 0 Å². The van der Waals surface area contributed by atoms with Gasteiger partial charge >= 0.3 is 6.18 Å². The van der Waals surface area contributed by atoms with E-state index in [0.29, 0.717) is 6.07 Å². The van der Waals surface area contributed by atoms with Crippen LogP contribution in [0.4, 0.5) is 19.0 Å². The highest BCUT2D eigenvalue weighted by Gasteiger charge is 2.34. The van der Waals surface area contributed by atoms with Crippen molar-refractivity contribution >= 4 is 17.6 Å². The van der Waals surface area contributed by atoms with E-state index in [0.717, 1.165) is 6.07 Å². The summed E-state index contributed by atoms with van der Waals surface area (Å²) in [6, 6.07) is 1.72. The fourth-order valence-electron chi connectivity index (χ4n) is 2.02. The Kier molecular flexibility index (Phi) is 4.01. The van der Waals surface area contributed by atoms with Gasteiger partial charge in [-0.05, 0) is 12.1 Å². The lowest BCUT2D eigenvalue weighted by Gasteiger charge is -2.23. The van der Waals surface area contributed by atoms with Crippen molar-refractivity contribution in [3.8, 4) is 0 Å². The van der Waals surface area contributed by atoms with Crippen molar-refractivity contribution in [1.29, 1.82) is 0 Å². The van der Waals surface area contributed by atoms with Gasteiger partial charge in [-0.3, -0.25) is 9.59 Å². The molecule has 2 rings (SSSR count). The van der Waals surface area contributed by atoms with Crippen LogP contribution in [0.2, 0.25) is 0 Å². The summed E-state index contributed by atoms with van der Waals surface area (Å²) in [7, 11) is 0. The zero-order chi connectivity index (χ0) is 15.6. The van der Waals surface area contributed by atoms with Gasteiger partial charge in [0.05, 0.1) is 5.56 Å². The first-order valence-corrected chi connectivity index (χ1v) is 6.18. The molecule has 1 aromatic rings. The summed E-state index contributed by atoms with van der Waals surface area (Å²) in [5.41, 5.74) is 3.97. The van der Waals surface area contributed by atoms with Crippen LogP contribution in [0.1, 0.15) is 22.5 Å². The van der Waals surface area contributed by atoms with Gasteiger partial charge in [0, 0.05) is 26.1 Å². The minimum Gasteiger partial charge on any atom is -0.365 e. The number of nitrogens with zero attached hydrogens (tertiary/aromatic N) is 2. The highest BCUT2D eigenvalue weighted by molar-refractivity contribution is 5.97. The summed E-state index contributed by atoms with van der Waals surface area (Å²) < 4.78 is 38.2. The third kappa shape index (κ3) is 3.41. The van der Waals surface area contributed by atoms with Crippen LogP contribution in [0.25, 0.3) is 0 Å². The van der Waals surface area contributed by atoms with Gasteiger partial charge in [-0.25, -0.2) is 4.98 Å². The lowest BCUT2D eigenvalue weighted by atomic mass is 10.2. The second-order valence-electron chi connectivity index (χ2n) is 4.52. The zero-order valence-corrected chi connectivity index (χ0v) is 10.9. The van der Waals surface area contributed by atoms with Crippen LogP contribution < -0.4 is 16.0 Å².